The minimum Gasteiger partial charge on any atom is -0.394 e. The molecule has 3 atom stereocenters. The van der Waals surface area contributed by atoms with E-state index in [4.69, 9.17) is 4.74 Å². The first-order chi connectivity index (χ1) is 13.7. The van der Waals surface area contributed by atoms with E-state index in [9.17, 15) is 15.3 Å². The summed E-state index contributed by atoms with van der Waals surface area (Å²) >= 11 is 7.68. The molecule has 158 valence electrons. The number of aliphatic hydroxyl groups excluding tert-OH is 3. The van der Waals surface area contributed by atoms with Crippen LogP contribution in [0.2, 0.25) is 0 Å². The van der Waals surface area contributed by atoms with Crippen LogP contribution in [0.4, 0.5) is 0 Å². The van der Waals surface area contributed by atoms with Gasteiger partial charge in [-0.2, -0.15) is 0 Å². The average molecular weight is 463 g/mol. The normalized spacial score (nSPS) is 22.9. The van der Waals surface area contributed by atoms with E-state index >= 15 is 0 Å². The number of benzene rings is 1. The molecule has 0 aliphatic carbocycles. The van der Waals surface area contributed by atoms with Gasteiger partial charge in [-0.3, -0.25) is 0 Å². The molecule has 0 saturated carbocycles. The highest BCUT2D eigenvalue weighted by atomic mass is 32.2. The highest BCUT2D eigenvalue weighted by Crippen LogP contribution is 2.47. The predicted octanol–water partition coefficient (Wildman–Crippen LogP) is 3.29. The second-order valence-electron chi connectivity index (χ2n) is 7.01. The molecule has 0 amide bonds. The van der Waals surface area contributed by atoms with Crippen molar-refractivity contribution in [2.75, 3.05) is 29.6 Å². The summed E-state index contributed by atoms with van der Waals surface area (Å²) < 4.78 is 6.59. The van der Waals surface area contributed by atoms with Crippen LogP contribution in [0.3, 0.4) is 0 Å². The van der Waals surface area contributed by atoms with Gasteiger partial charge in [0.2, 0.25) is 0 Å². The van der Waals surface area contributed by atoms with Crippen molar-refractivity contribution in [2.45, 2.75) is 46.9 Å². The molecule has 0 radical (unpaired) electrons. The molecule has 0 unspecified atom stereocenters. The lowest BCUT2D eigenvalue weighted by molar-refractivity contribution is -0.130. The third kappa shape index (κ3) is 6.48. The second kappa shape index (κ2) is 12.3. The molecule has 28 heavy (non-hydrogen) atoms. The van der Waals surface area contributed by atoms with Crippen LogP contribution in [-0.4, -0.2) is 72.4 Å². The third-order valence-corrected chi connectivity index (χ3v) is 11.2. The topological polar surface area (TPSA) is 69.9 Å². The van der Waals surface area contributed by atoms with Crippen molar-refractivity contribution in [3.63, 3.8) is 0 Å². The van der Waals surface area contributed by atoms with Crippen molar-refractivity contribution in [2.24, 2.45) is 5.92 Å². The molecular weight excluding hydrogens is 432 g/mol. The van der Waals surface area contributed by atoms with Crippen LogP contribution in [0.1, 0.15) is 18.4 Å². The summed E-state index contributed by atoms with van der Waals surface area (Å²) in [5.74, 6) is 4.46. The van der Waals surface area contributed by atoms with E-state index in [1.165, 1.54) is 12.8 Å². The van der Waals surface area contributed by atoms with Crippen LogP contribution in [0.15, 0.2) is 30.3 Å². The molecule has 2 aliphatic rings. The molecule has 2 fully saturated rings. The first kappa shape index (κ1) is 23.1. The van der Waals surface area contributed by atoms with Crippen molar-refractivity contribution in [1.29, 1.82) is 0 Å². The molecule has 2 aliphatic heterocycles. The first-order valence-electron chi connectivity index (χ1n) is 9.79. The Balaban J connectivity index is 1.75. The summed E-state index contributed by atoms with van der Waals surface area (Å²) in [6, 6.07) is 9.77. The summed E-state index contributed by atoms with van der Waals surface area (Å²) in [4.78, 5) is 0. The van der Waals surface area contributed by atoms with Gasteiger partial charge in [-0.15, -0.1) is 47.0 Å². The van der Waals surface area contributed by atoms with Crippen molar-refractivity contribution in [3.05, 3.63) is 35.9 Å². The van der Waals surface area contributed by atoms with Gasteiger partial charge in [0, 0.05) is 5.92 Å². The van der Waals surface area contributed by atoms with Gasteiger partial charge in [0.15, 0.2) is 0 Å². The summed E-state index contributed by atoms with van der Waals surface area (Å²) in [6.45, 7) is -0.110. The zero-order valence-corrected chi connectivity index (χ0v) is 19.2. The Labute approximate surface area is 185 Å². The van der Waals surface area contributed by atoms with Crippen LogP contribution in [0.5, 0.6) is 0 Å². The van der Waals surface area contributed by atoms with Gasteiger partial charge in [-0.25, -0.2) is 0 Å². The predicted molar refractivity (Wildman–Crippen MR) is 124 cm³/mol. The third-order valence-electron chi connectivity index (χ3n) is 4.92. The fourth-order valence-corrected chi connectivity index (χ4v) is 10.5. The zero-order chi connectivity index (χ0) is 19.8. The van der Waals surface area contributed by atoms with E-state index in [2.05, 4.69) is 0 Å². The maximum absolute atomic E-state index is 11.4. The highest BCUT2D eigenvalue weighted by molar-refractivity contribution is 8.19. The molecule has 0 aromatic heterocycles. The maximum Gasteiger partial charge on any atom is 0.112 e. The average Bonchev–Trinajstić information content (AvgIpc) is 2.76. The molecule has 8 heteroatoms. The Morgan fingerprint density at radius 1 is 0.893 bits per heavy atom. The Bertz CT molecular complexity index is 534. The minimum atomic E-state index is -1.10. The van der Waals surface area contributed by atoms with Crippen LogP contribution in [0.25, 0.3) is 0 Å². The van der Waals surface area contributed by atoms with Gasteiger partial charge >= 0.3 is 0 Å². The van der Waals surface area contributed by atoms with Crippen LogP contribution in [0, 0.1) is 5.92 Å². The van der Waals surface area contributed by atoms with E-state index in [1.807, 2.05) is 77.4 Å². The van der Waals surface area contributed by atoms with Crippen LogP contribution in [-0.2, 0) is 11.3 Å². The summed E-state index contributed by atoms with van der Waals surface area (Å²) in [7, 11) is 0. The first-order valence-corrected chi connectivity index (χ1v) is 14.0. The Hall–Kier alpha value is 0.460. The van der Waals surface area contributed by atoms with Crippen molar-refractivity contribution in [3.8, 4) is 0 Å². The quantitative estimate of drug-likeness (QED) is 0.516. The standard InChI is InChI=1S/C20H30O4S4/c21-12-15(22)18(24-13-14-6-2-1-3-7-14)17(23)16(19-25-8-4-9-26-19)20-27-10-5-11-28-20/h1-3,6-7,15-23H,4-5,8-13H2/t15-,17+,18+/m1/s1. The Morgan fingerprint density at radius 2 is 1.43 bits per heavy atom. The van der Waals surface area contributed by atoms with E-state index in [0.29, 0.717) is 15.8 Å². The molecule has 3 rings (SSSR count). The van der Waals surface area contributed by atoms with E-state index in [-0.39, 0.29) is 5.92 Å². The molecular formula is C20H30O4S4. The Morgan fingerprint density at radius 3 is 1.93 bits per heavy atom. The molecule has 0 spiro atoms. The molecule has 0 bridgehead atoms. The fraction of sp³-hybridized carbons (Fsp3) is 0.700. The van der Waals surface area contributed by atoms with Crippen LogP contribution >= 0.6 is 47.0 Å². The highest BCUT2D eigenvalue weighted by Gasteiger charge is 2.43. The van der Waals surface area contributed by atoms with Crippen molar-refractivity contribution >= 4 is 47.0 Å². The van der Waals surface area contributed by atoms with E-state index in [1.54, 1.807) is 0 Å². The Kier molecular flexibility index (Phi) is 10.2. The van der Waals surface area contributed by atoms with Gasteiger partial charge in [0.05, 0.1) is 28.5 Å². The van der Waals surface area contributed by atoms with Gasteiger partial charge in [0.1, 0.15) is 12.2 Å². The number of hydrogen-bond donors (Lipinski definition) is 3. The largest absolute Gasteiger partial charge is 0.394 e. The van der Waals surface area contributed by atoms with Gasteiger partial charge < -0.3 is 20.1 Å². The van der Waals surface area contributed by atoms with Crippen molar-refractivity contribution < 1.29 is 20.1 Å². The van der Waals surface area contributed by atoms with Gasteiger partial charge in [-0.05, 0) is 41.4 Å². The lowest BCUT2D eigenvalue weighted by Gasteiger charge is -2.41. The number of aliphatic hydroxyl groups is 3. The molecule has 1 aromatic rings. The van der Waals surface area contributed by atoms with Crippen LogP contribution < -0.4 is 0 Å². The fourth-order valence-electron chi connectivity index (χ4n) is 3.43. The molecule has 3 N–H and O–H groups in total. The van der Waals surface area contributed by atoms with Crippen molar-refractivity contribution in [1.82, 2.24) is 0 Å². The SMILES string of the molecule is OC[C@@H](O)[C@H](OCc1ccccc1)[C@@H](O)C(C1SCCCS1)C1SCCCS1. The molecule has 4 nitrogen and oxygen atoms in total. The molecule has 2 saturated heterocycles. The molecule has 2 heterocycles. The lowest BCUT2D eigenvalue weighted by atomic mass is 9.97. The number of thioether (sulfide) groups is 4. The van der Waals surface area contributed by atoms with E-state index in [0.717, 1.165) is 28.6 Å². The number of hydrogen-bond acceptors (Lipinski definition) is 8. The maximum atomic E-state index is 11.4. The molecule has 1 aromatic carbocycles. The monoisotopic (exact) mass is 462 g/mol. The summed E-state index contributed by atoms with van der Waals surface area (Å²) in [6.07, 6.45) is -0.323. The van der Waals surface area contributed by atoms with E-state index < -0.39 is 24.9 Å². The van der Waals surface area contributed by atoms with Gasteiger partial charge in [-0.1, -0.05) is 30.3 Å². The smallest absolute Gasteiger partial charge is 0.112 e. The lowest BCUT2D eigenvalue weighted by Crippen LogP contribution is -2.50. The number of rotatable bonds is 9. The second-order valence-corrected chi connectivity index (χ2v) is 12.6. The summed E-state index contributed by atoms with van der Waals surface area (Å²) in [5.41, 5.74) is 0.990. The zero-order valence-electron chi connectivity index (χ0n) is 15.9. The summed E-state index contributed by atoms with van der Waals surface area (Å²) in [5, 5.41) is 31.4. The van der Waals surface area contributed by atoms with Gasteiger partial charge in [0.25, 0.3) is 0 Å². The minimum absolute atomic E-state index is 0.00701. The number of ether oxygens (including phenoxy) is 1.